The normalized spacial score (nSPS) is 14.8. The van der Waals surface area contributed by atoms with Gasteiger partial charge in [-0.25, -0.2) is 9.37 Å². The molecule has 2 aromatic rings. The number of amides is 2. The van der Waals surface area contributed by atoms with Gasteiger partial charge in [0.15, 0.2) is 5.69 Å². The highest BCUT2D eigenvalue weighted by Crippen LogP contribution is 2.27. The highest BCUT2D eigenvalue weighted by Gasteiger charge is 2.34. The van der Waals surface area contributed by atoms with Crippen molar-refractivity contribution in [3.63, 3.8) is 0 Å². The average molecular weight is 404 g/mol. The Bertz CT molecular complexity index is 1050. The summed E-state index contributed by atoms with van der Waals surface area (Å²) in [5, 5.41) is 15.2. The van der Waals surface area contributed by atoms with Crippen LogP contribution in [0.1, 0.15) is 42.6 Å². The third kappa shape index (κ3) is 4.11. The molecule has 0 atom stereocenters. The van der Waals surface area contributed by atoms with Crippen LogP contribution in [-0.2, 0) is 28.2 Å². The third-order valence-corrected chi connectivity index (χ3v) is 4.50. The molecule has 1 aliphatic heterocycles. The van der Waals surface area contributed by atoms with Gasteiger partial charge in [0.1, 0.15) is 17.2 Å². The number of nitrogens with zero attached hydrogens (tertiary/aromatic N) is 2. The van der Waals surface area contributed by atoms with Crippen molar-refractivity contribution in [2.75, 3.05) is 11.9 Å². The van der Waals surface area contributed by atoms with Crippen LogP contribution in [0.15, 0.2) is 23.0 Å². The van der Waals surface area contributed by atoms with Crippen molar-refractivity contribution >= 4 is 17.5 Å². The molecule has 0 spiro atoms. The first-order valence-electron chi connectivity index (χ1n) is 8.92. The van der Waals surface area contributed by atoms with Gasteiger partial charge in [-0.15, -0.1) is 0 Å². The lowest BCUT2D eigenvalue weighted by Gasteiger charge is -2.32. The number of ether oxygens (including phenoxy) is 1. The van der Waals surface area contributed by atoms with Gasteiger partial charge in [0, 0.05) is 19.2 Å². The highest BCUT2D eigenvalue weighted by atomic mass is 19.1. The molecule has 10 heteroatoms. The lowest BCUT2D eigenvalue weighted by Crippen LogP contribution is -2.42. The molecule has 1 aromatic heterocycles. The number of benzene rings is 1. The molecule has 2 amide bonds. The van der Waals surface area contributed by atoms with E-state index < -0.39 is 40.2 Å². The van der Waals surface area contributed by atoms with Crippen LogP contribution in [0, 0.1) is 5.82 Å². The first-order valence-corrected chi connectivity index (χ1v) is 8.92. The Hall–Kier alpha value is -3.27. The molecule has 0 unspecified atom stereocenters. The fourth-order valence-electron chi connectivity index (χ4n) is 3.09. The summed E-state index contributed by atoms with van der Waals surface area (Å²) in [6, 6.07) is 3.73. The predicted octanol–water partition coefficient (Wildman–Crippen LogP) is 1.24. The van der Waals surface area contributed by atoms with E-state index in [0.29, 0.717) is 5.56 Å². The summed E-state index contributed by atoms with van der Waals surface area (Å²) in [7, 11) is 0. The van der Waals surface area contributed by atoms with Gasteiger partial charge in [0.2, 0.25) is 11.7 Å². The minimum absolute atomic E-state index is 0.0891. The van der Waals surface area contributed by atoms with Crippen molar-refractivity contribution in [2.24, 2.45) is 0 Å². The smallest absolute Gasteiger partial charge is 0.296 e. The van der Waals surface area contributed by atoms with Crippen LogP contribution in [0.2, 0.25) is 0 Å². The number of halogens is 1. The van der Waals surface area contributed by atoms with Gasteiger partial charge in [0.05, 0.1) is 13.2 Å². The van der Waals surface area contributed by atoms with Gasteiger partial charge in [-0.05, 0) is 31.5 Å². The Morgan fingerprint density at radius 2 is 2.10 bits per heavy atom. The molecule has 154 valence electrons. The SMILES string of the molecule is CC(=O)Nc1cc(F)ccc1CNC(=O)c1nc2n(c(=O)c1O)CCOC2(C)C. The van der Waals surface area contributed by atoms with Crippen LogP contribution >= 0.6 is 0 Å². The zero-order valence-electron chi connectivity index (χ0n) is 16.2. The molecule has 2 heterocycles. The number of rotatable bonds is 4. The molecule has 3 rings (SSSR count). The Balaban J connectivity index is 1.89. The topological polar surface area (TPSA) is 123 Å². The highest BCUT2D eigenvalue weighted by molar-refractivity contribution is 5.95. The number of hydrogen-bond donors (Lipinski definition) is 3. The van der Waals surface area contributed by atoms with Crippen molar-refractivity contribution in [1.29, 1.82) is 0 Å². The monoisotopic (exact) mass is 404 g/mol. The van der Waals surface area contributed by atoms with Crippen LogP contribution in [0.3, 0.4) is 0 Å². The average Bonchev–Trinajstić information content (AvgIpc) is 2.63. The Kier molecular flexibility index (Phi) is 5.38. The number of carbonyl (C=O) groups is 2. The molecule has 1 aliphatic rings. The van der Waals surface area contributed by atoms with E-state index in [0.717, 1.165) is 6.07 Å². The molecular formula is C19H21FN4O5. The number of aromatic nitrogens is 2. The Morgan fingerprint density at radius 1 is 1.38 bits per heavy atom. The molecule has 0 aliphatic carbocycles. The first kappa shape index (κ1) is 20.5. The number of hydrogen-bond acceptors (Lipinski definition) is 6. The second kappa shape index (κ2) is 7.63. The van der Waals surface area contributed by atoms with Crippen molar-refractivity contribution in [2.45, 2.75) is 39.5 Å². The second-order valence-electron chi connectivity index (χ2n) is 7.11. The van der Waals surface area contributed by atoms with E-state index in [1.807, 2.05) is 0 Å². The van der Waals surface area contributed by atoms with Gasteiger partial charge in [-0.1, -0.05) is 6.07 Å². The standard InChI is InChI=1S/C19H21FN4O5/c1-10(25)22-13-8-12(20)5-4-11(13)9-21-16(27)14-15(26)17(28)24-6-7-29-19(2,3)18(24)23-14/h4-5,8,26H,6-7,9H2,1-3H3,(H,21,27)(H,22,25). The second-order valence-corrected chi connectivity index (χ2v) is 7.11. The van der Waals surface area contributed by atoms with Crippen molar-refractivity contribution in [3.8, 4) is 5.75 Å². The van der Waals surface area contributed by atoms with E-state index in [1.165, 1.54) is 23.6 Å². The lowest BCUT2D eigenvalue weighted by atomic mass is 10.1. The van der Waals surface area contributed by atoms with Crippen LogP contribution in [0.5, 0.6) is 5.75 Å². The van der Waals surface area contributed by atoms with Crippen molar-refractivity contribution in [3.05, 3.63) is 51.5 Å². The maximum atomic E-state index is 13.5. The number of anilines is 1. The fourth-order valence-corrected chi connectivity index (χ4v) is 3.09. The van der Waals surface area contributed by atoms with E-state index in [4.69, 9.17) is 4.74 Å². The van der Waals surface area contributed by atoms with E-state index in [1.54, 1.807) is 13.8 Å². The van der Waals surface area contributed by atoms with Gasteiger partial charge < -0.3 is 20.5 Å². The Morgan fingerprint density at radius 3 is 2.79 bits per heavy atom. The lowest BCUT2D eigenvalue weighted by molar-refractivity contribution is -0.114. The zero-order chi connectivity index (χ0) is 21.3. The molecule has 0 bridgehead atoms. The number of nitrogens with one attached hydrogen (secondary N) is 2. The van der Waals surface area contributed by atoms with E-state index >= 15 is 0 Å². The predicted molar refractivity (Wildman–Crippen MR) is 101 cm³/mol. The molecule has 0 saturated heterocycles. The molecular weight excluding hydrogens is 383 g/mol. The summed E-state index contributed by atoms with van der Waals surface area (Å²) >= 11 is 0. The summed E-state index contributed by atoms with van der Waals surface area (Å²) < 4.78 is 20.3. The quantitative estimate of drug-likeness (QED) is 0.705. The van der Waals surface area contributed by atoms with Crippen LogP contribution in [0.25, 0.3) is 0 Å². The van der Waals surface area contributed by atoms with E-state index in [2.05, 4.69) is 15.6 Å². The molecule has 29 heavy (non-hydrogen) atoms. The van der Waals surface area contributed by atoms with Crippen molar-refractivity contribution < 1.29 is 23.8 Å². The van der Waals surface area contributed by atoms with Crippen LogP contribution in [0.4, 0.5) is 10.1 Å². The number of aromatic hydroxyl groups is 1. The Labute approximate surface area is 165 Å². The maximum absolute atomic E-state index is 13.5. The molecule has 0 radical (unpaired) electrons. The number of fused-ring (bicyclic) bond motifs is 1. The van der Waals surface area contributed by atoms with Gasteiger partial charge >= 0.3 is 0 Å². The molecule has 1 aromatic carbocycles. The van der Waals surface area contributed by atoms with Crippen LogP contribution < -0.4 is 16.2 Å². The van der Waals surface area contributed by atoms with Gasteiger partial charge in [-0.3, -0.25) is 19.0 Å². The fraction of sp³-hybridized carbons (Fsp3) is 0.368. The minimum Gasteiger partial charge on any atom is -0.501 e. The van der Waals surface area contributed by atoms with Crippen molar-refractivity contribution in [1.82, 2.24) is 14.9 Å². The summed E-state index contributed by atoms with van der Waals surface area (Å²) in [4.78, 5) is 40.5. The third-order valence-electron chi connectivity index (χ3n) is 4.50. The summed E-state index contributed by atoms with van der Waals surface area (Å²) in [6.45, 7) is 5.11. The van der Waals surface area contributed by atoms with Gasteiger partial charge in [0.25, 0.3) is 11.5 Å². The summed E-state index contributed by atoms with van der Waals surface area (Å²) in [6.07, 6.45) is 0. The summed E-state index contributed by atoms with van der Waals surface area (Å²) in [5.74, 6) is -2.26. The largest absolute Gasteiger partial charge is 0.501 e. The first-order chi connectivity index (χ1) is 13.6. The van der Waals surface area contributed by atoms with E-state index in [9.17, 15) is 23.9 Å². The van der Waals surface area contributed by atoms with Crippen LogP contribution in [-0.4, -0.2) is 33.1 Å². The summed E-state index contributed by atoms with van der Waals surface area (Å²) in [5.41, 5.74) is -1.42. The molecule has 9 nitrogen and oxygen atoms in total. The van der Waals surface area contributed by atoms with E-state index in [-0.39, 0.29) is 31.2 Å². The minimum atomic E-state index is -0.907. The van der Waals surface area contributed by atoms with Gasteiger partial charge in [-0.2, -0.15) is 0 Å². The maximum Gasteiger partial charge on any atom is 0.296 e. The number of carbonyl (C=O) groups excluding carboxylic acids is 2. The zero-order valence-corrected chi connectivity index (χ0v) is 16.2. The molecule has 0 fully saturated rings. The molecule has 0 saturated carbocycles. The molecule has 3 N–H and O–H groups in total.